The highest BCUT2D eigenvalue weighted by molar-refractivity contribution is 5.11. The lowest BCUT2D eigenvalue weighted by Crippen LogP contribution is -2.57. The van der Waals surface area contributed by atoms with Gasteiger partial charge in [-0.25, -0.2) is 0 Å². The van der Waals surface area contributed by atoms with Gasteiger partial charge in [-0.05, 0) is 72.5 Å². The van der Waals surface area contributed by atoms with Gasteiger partial charge >= 0.3 is 0 Å². The molecule has 0 heteroatoms. The molecule has 0 saturated heterocycles. The lowest BCUT2D eigenvalue weighted by molar-refractivity contribution is -0.172. The van der Waals surface area contributed by atoms with Crippen LogP contribution in [-0.4, -0.2) is 0 Å². The molecule has 0 amide bonds. The van der Waals surface area contributed by atoms with Gasteiger partial charge in [0.05, 0.1) is 0 Å². The molecule has 4 aliphatic rings. The second-order valence-electron chi connectivity index (χ2n) is 9.01. The Bertz CT molecular complexity index is 303. The van der Waals surface area contributed by atoms with Crippen molar-refractivity contribution in [3.63, 3.8) is 0 Å². The molecular weight excluding hydrogens is 204 g/mol. The molecule has 0 heterocycles. The van der Waals surface area contributed by atoms with Gasteiger partial charge in [-0.15, -0.1) is 0 Å². The number of hydrogen-bond acceptors (Lipinski definition) is 0. The van der Waals surface area contributed by atoms with Gasteiger partial charge in [0.2, 0.25) is 0 Å². The fourth-order valence-corrected chi connectivity index (χ4v) is 5.89. The zero-order valence-corrected chi connectivity index (χ0v) is 12.5. The van der Waals surface area contributed by atoms with Gasteiger partial charge in [0.1, 0.15) is 0 Å². The SMILES string of the molecule is CC(C)C12C[C@H]3C[C@@H](C1)CC(C(C)(C)C)(C3)C2. The molecule has 98 valence electrons. The normalized spacial score (nSPS) is 49.1. The minimum atomic E-state index is 0.519. The molecule has 0 nitrogen and oxygen atoms in total. The third-order valence-corrected chi connectivity index (χ3v) is 6.92. The molecule has 0 aliphatic heterocycles. The Kier molecular flexibility index (Phi) is 2.34. The van der Waals surface area contributed by atoms with E-state index in [1.54, 1.807) is 32.1 Å². The Morgan fingerprint density at radius 3 is 1.88 bits per heavy atom. The zero-order chi connectivity index (χ0) is 12.5. The molecular formula is C17H30. The number of rotatable bonds is 1. The Labute approximate surface area is 108 Å². The summed E-state index contributed by atoms with van der Waals surface area (Å²) in [5.74, 6) is 3.03. The van der Waals surface area contributed by atoms with Crippen molar-refractivity contribution in [1.82, 2.24) is 0 Å². The minimum absolute atomic E-state index is 0.519. The molecule has 17 heavy (non-hydrogen) atoms. The molecule has 4 fully saturated rings. The fourth-order valence-electron chi connectivity index (χ4n) is 5.89. The van der Waals surface area contributed by atoms with E-state index in [-0.39, 0.29) is 0 Å². The van der Waals surface area contributed by atoms with E-state index in [0.29, 0.717) is 10.8 Å². The van der Waals surface area contributed by atoms with E-state index in [1.165, 1.54) is 6.42 Å². The van der Waals surface area contributed by atoms with Crippen LogP contribution in [0, 0.1) is 34.0 Å². The first kappa shape index (κ1) is 12.1. The molecule has 4 atom stereocenters. The smallest absolute Gasteiger partial charge is 0.0238 e. The topological polar surface area (TPSA) is 0 Å². The van der Waals surface area contributed by atoms with Gasteiger partial charge in [-0.3, -0.25) is 0 Å². The first-order valence-corrected chi connectivity index (χ1v) is 7.76. The molecule has 0 aromatic carbocycles. The molecule has 0 aromatic rings. The summed E-state index contributed by atoms with van der Waals surface area (Å²) < 4.78 is 0. The maximum absolute atomic E-state index is 2.51. The van der Waals surface area contributed by atoms with E-state index in [9.17, 15) is 0 Å². The Morgan fingerprint density at radius 1 is 0.941 bits per heavy atom. The third kappa shape index (κ3) is 1.55. The molecule has 0 spiro atoms. The van der Waals surface area contributed by atoms with E-state index >= 15 is 0 Å². The lowest BCUT2D eigenvalue weighted by atomic mass is 9.38. The Balaban J connectivity index is 2.00. The summed E-state index contributed by atoms with van der Waals surface area (Å²) in [5.41, 5.74) is 1.92. The average Bonchev–Trinajstić information content (AvgIpc) is 2.13. The summed E-state index contributed by atoms with van der Waals surface area (Å²) in [6.07, 6.45) is 9.29. The molecule has 4 saturated carbocycles. The summed E-state index contributed by atoms with van der Waals surface area (Å²) in [7, 11) is 0. The van der Waals surface area contributed by atoms with Crippen molar-refractivity contribution in [3.05, 3.63) is 0 Å². The van der Waals surface area contributed by atoms with Crippen LogP contribution in [0.4, 0.5) is 0 Å². The van der Waals surface area contributed by atoms with Crippen molar-refractivity contribution >= 4 is 0 Å². The van der Waals surface area contributed by atoms with Gasteiger partial charge in [0.15, 0.2) is 0 Å². The van der Waals surface area contributed by atoms with Crippen LogP contribution in [0.3, 0.4) is 0 Å². The second-order valence-corrected chi connectivity index (χ2v) is 9.01. The van der Waals surface area contributed by atoms with E-state index in [0.717, 1.165) is 23.2 Å². The highest BCUT2D eigenvalue weighted by Crippen LogP contribution is 2.71. The largest absolute Gasteiger partial charge is 0.0622 e. The van der Waals surface area contributed by atoms with Crippen molar-refractivity contribution < 1.29 is 0 Å². The van der Waals surface area contributed by atoms with Gasteiger partial charge < -0.3 is 0 Å². The van der Waals surface area contributed by atoms with Crippen LogP contribution >= 0.6 is 0 Å². The van der Waals surface area contributed by atoms with Crippen molar-refractivity contribution in [2.45, 2.75) is 73.1 Å². The van der Waals surface area contributed by atoms with Crippen molar-refractivity contribution in [1.29, 1.82) is 0 Å². The summed E-state index contributed by atoms with van der Waals surface area (Å²) in [5, 5.41) is 0. The van der Waals surface area contributed by atoms with E-state index in [4.69, 9.17) is 0 Å². The maximum atomic E-state index is 2.51. The summed E-state index contributed by atoms with van der Waals surface area (Å²) in [6.45, 7) is 12.5. The zero-order valence-electron chi connectivity index (χ0n) is 12.5. The molecule has 0 radical (unpaired) electrons. The van der Waals surface area contributed by atoms with E-state index in [2.05, 4.69) is 34.6 Å². The second kappa shape index (κ2) is 3.31. The molecule has 2 unspecified atom stereocenters. The minimum Gasteiger partial charge on any atom is -0.0622 e. The van der Waals surface area contributed by atoms with Gasteiger partial charge in [-0.2, -0.15) is 0 Å². The predicted octanol–water partition coefficient (Wildman–Crippen LogP) is 5.28. The van der Waals surface area contributed by atoms with Crippen molar-refractivity contribution in [3.8, 4) is 0 Å². The monoisotopic (exact) mass is 234 g/mol. The van der Waals surface area contributed by atoms with Gasteiger partial charge in [0, 0.05) is 0 Å². The van der Waals surface area contributed by atoms with Crippen LogP contribution in [0.15, 0.2) is 0 Å². The quantitative estimate of drug-likeness (QED) is 0.579. The van der Waals surface area contributed by atoms with Crippen molar-refractivity contribution in [2.75, 3.05) is 0 Å². The van der Waals surface area contributed by atoms with Gasteiger partial charge in [0.25, 0.3) is 0 Å². The van der Waals surface area contributed by atoms with E-state index < -0.39 is 0 Å². The molecule has 4 rings (SSSR count). The molecule has 4 bridgehead atoms. The molecule has 0 N–H and O–H groups in total. The van der Waals surface area contributed by atoms with Crippen LogP contribution in [0.2, 0.25) is 0 Å². The predicted molar refractivity (Wildman–Crippen MR) is 73.8 cm³/mol. The van der Waals surface area contributed by atoms with Crippen LogP contribution in [0.1, 0.15) is 73.1 Å². The number of hydrogen-bond donors (Lipinski definition) is 0. The average molecular weight is 234 g/mol. The van der Waals surface area contributed by atoms with Crippen LogP contribution < -0.4 is 0 Å². The van der Waals surface area contributed by atoms with Crippen LogP contribution in [-0.2, 0) is 0 Å². The Hall–Kier alpha value is 0. The van der Waals surface area contributed by atoms with Crippen molar-refractivity contribution in [2.24, 2.45) is 34.0 Å². The van der Waals surface area contributed by atoms with Crippen LogP contribution in [0.25, 0.3) is 0 Å². The van der Waals surface area contributed by atoms with Crippen LogP contribution in [0.5, 0.6) is 0 Å². The highest BCUT2D eigenvalue weighted by Gasteiger charge is 2.61. The molecule has 4 aliphatic carbocycles. The first-order chi connectivity index (χ1) is 7.76. The Morgan fingerprint density at radius 2 is 1.47 bits per heavy atom. The first-order valence-electron chi connectivity index (χ1n) is 7.76. The van der Waals surface area contributed by atoms with Gasteiger partial charge in [-0.1, -0.05) is 34.6 Å². The summed E-state index contributed by atoms with van der Waals surface area (Å²) >= 11 is 0. The fraction of sp³-hybridized carbons (Fsp3) is 1.00. The standard InChI is InChI=1S/C17H30/c1-12(2)16-7-13-6-14(8-16)10-17(9-13,11-16)15(3,4)5/h12-14H,6-11H2,1-5H3/t13-,14+,16?,17?. The maximum Gasteiger partial charge on any atom is -0.0238 e. The van der Waals surface area contributed by atoms with E-state index in [1.807, 2.05) is 0 Å². The summed E-state index contributed by atoms with van der Waals surface area (Å²) in [4.78, 5) is 0. The third-order valence-electron chi connectivity index (χ3n) is 6.92. The molecule has 0 aromatic heterocycles. The highest BCUT2D eigenvalue weighted by atomic mass is 14.7. The lowest BCUT2D eigenvalue weighted by Gasteiger charge is -2.67. The summed E-state index contributed by atoms with van der Waals surface area (Å²) in [6, 6.07) is 0.